The van der Waals surface area contributed by atoms with Crippen molar-refractivity contribution < 1.29 is 14.7 Å². The van der Waals surface area contributed by atoms with E-state index in [0.717, 1.165) is 0 Å². The fourth-order valence-corrected chi connectivity index (χ4v) is 1.38. The highest BCUT2D eigenvalue weighted by Crippen LogP contribution is 2.11. The topological polar surface area (TPSA) is 57.6 Å². The molecule has 0 aromatic rings. The Kier molecular flexibility index (Phi) is 6.19. The maximum Gasteiger partial charge on any atom is 0.323 e. The van der Waals surface area contributed by atoms with Gasteiger partial charge in [-0.2, -0.15) is 0 Å². The second kappa shape index (κ2) is 6.88. The minimum Gasteiger partial charge on any atom is -0.480 e. The van der Waals surface area contributed by atoms with E-state index in [-0.39, 0.29) is 24.9 Å². The zero-order valence-corrected chi connectivity index (χ0v) is 9.19. The van der Waals surface area contributed by atoms with E-state index in [1.807, 2.05) is 13.8 Å². The third-order valence-corrected chi connectivity index (χ3v) is 2.25. The van der Waals surface area contributed by atoms with Crippen LogP contribution in [0.15, 0.2) is 0 Å². The fraction of sp³-hybridized carbons (Fsp3) is 0.636. The summed E-state index contributed by atoms with van der Waals surface area (Å²) in [6.07, 6.45) is 6.50. The monoisotopic (exact) mass is 211 g/mol. The van der Waals surface area contributed by atoms with Crippen molar-refractivity contribution >= 4 is 11.9 Å². The lowest BCUT2D eigenvalue weighted by Gasteiger charge is -2.22. The van der Waals surface area contributed by atoms with Crippen molar-refractivity contribution in [3.63, 3.8) is 0 Å². The van der Waals surface area contributed by atoms with Gasteiger partial charge < -0.3 is 10.0 Å². The van der Waals surface area contributed by atoms with Gasteiger partial charge in [0.15, 0.2) is 0 Å². The van der Waals surface area contributed by atoms with Crippen LogP contribution in [0, 0.1) is 18.3 Å². The maximum absolute atomic E-state index is 11.8. The van der Waals surface area contributed by atoms with Gasteiger partial charge in [0.2, 0.25) is 5.91 Å². The maximum atomic E-state index is 11.8. The van der Waals surface area contributed by atoms with Crippen LogP contribution in [0.3, 0.4) is 0 Å². The molecule has 84 valence electrons. The molecule has 1 amide bonds. The molecule has 0 atom stereocenters. The average Bonchev–Trinajstić information content (AvgIpc) is 2.18. The van der Waals surface area contributed by atoms with Gasteiger partial charge in [-0.05, 0) is 12.8 Å². The zero-order chi connectivity index (χ0) is 11.8. The van der Waals surface area contributed by atoms with Crippen LogP contribution >= 0.6 is 0 Å². The van der Waals surface area contributed by atoms with Gasteiger partial charge >= 0.3 is 5.97 Å². The molecule has 0 unspecified atom stereocenters. The summed E-state index contributed by atoms with van der Waals surface area (Å²) in [4.78, 5) is 23.5. The molecule has 0 fully saturated rings. The standard InChI is InChI=1S/C11H17NO3/c1-4-7-12(8-10(13)14)11(15)9(5-2)6-3/h1,9H,5-8H2,2-3H3,(H,13,14). The Morgan fingerprint density at radius 3 is 2.27 bits per heavy atom. The van der Waals surface area contributed by atoms with Gasteiger partial charge in [0.05, 0.1) is 6.54 Å². The molecule has 0 saturated carbocycles. The molecule has 0 radical (unpaired) electrons. The van der Waals surface area contributed by atoms with E-state index < -0.39 is 5.97 Å². The van der Waals surface area contributed by atoms with Crippen LogP contribution < -0.4 is 0 Å². The Labute approximate surface area is 90.3 Å². The van der Waals surface area contributed by atoms with Gasteiger partial charge in [-0.15, -0.1) is 6.42 Å². The molecule has 0 aliphatic rings. The number of hydrogen-bond donors (Lipinski definition) is 1. The zero-order valence-electron chi connectivity index (χ0n) is 9.19. The molecular formula is C11H17NO3. The molecule has 0 rings (SSSR count). The van der Waals surface area contributed by atoms with Crippen molar-refractivity contribution in [3.8, 4) is 12.3 Å². The molecule has 1 N–H and O–H groups in total. The molecule has 0 aromatic carbocycles. The smallest absolute Gasteiger partial charge is 0.323 e. The number of carbonyl (C=O) groups excluding carboxylic acids is 1. The van der Waals surface area contributed by atoms with Crippen LogP contribution in [0.1, 0.15) is 26.7 Å². The van der Waals surface area contributed by atoms with E-state index in [0.29, 0.717) is 12.8 Å². The van der Waals surface area contributed by atoms with Crippen LogP contribution in [0.2, 0.25) is 0 Å². The second-order valence-electron chi connectivity index (χ2n) is 3.31. The highest BCUT2D eigenvalue weighted by molar-refractivity contribution is 5.83. The van der Waals surface area contributed by atoms with E-state index in [1.165, 1.54) is 4.90 Å². The normalized spacial score (nSPS) is 9.73. The van der Waals surface area contributed by atoms with Crippen molar-refractivity contribution in [2.45, 2.75) is 26.7 Å². The van der Waals surface area contributed by atoms with E-state index >= 15 is 0 Å². The van der Waals surface area contributed by atoms with Crippen molar-refractivity contribution in [1.82, 2.24) is 4.90 Å². The molecule has 0 aliphatic heterocycles. The van der Waals surface area contributed by atoms with Crippen molar-refractivity contribution in [1.29, 1.82) is 0 Å². The number of carbonyl (C=O) groups is 2. The SMILES string of the molecule is C#CCN(CC(=O)O)C(=O)C(CC)CC. The Hall–Kier alpha value is -1.50. The molecule has 0 bridgehead atoms. The van der Waals surface area contributed by atoms with Crippen molar-refractivity contribution in [3.05, 3.63) is 0 Å². The summed E-state index contributed by atoms with van der Waals surface area (Å²) < 4.78 is 0. The first-order valence-corrected chi connectivity index (χ1v) is 5.00. The summed E-state index contributed by atoms with van der Waals surface area (Å²) in [5, 5.41) is 8.62. The molecule has 0 heterocycles. The Morgan fingerprint density at radius 1 is 1.40 bits per heavy atom. The number of aliphatic carboxylic acids is 1. The molecule has 0 spiro atoms. The molecule has 4 nitrogen and oxygen atoms in total. The number of rotatable bonds is 6. The predicted octanol–water partition coefficient (Wildman–Crippen LogP) is 0.969. The predicted molar refractivity (Wildman–Crippen MR) is 57.1 cm³/mol. The molecular weight excluding hydrogens is 194 g/mol. The van der Waals surface area contributed by atoms with Crippen molar-refractivity contribution in [2.75, 3.05) is 13.1 Å². The summed E-state index contributed by atoms with van der Waals surface area (Å²) in [6, 6.07) is 0. The first-order valence-electron chi connectivity index (χ1n) is 5.00. The number of hydrogen-bond acceptors (Lipinski definition) is 2. The summed E-state index contributed by atoms with van der Waals surface area (Å²) in [7, 11) is 0. The van der Waals surface area contributed by atoms with Crippen LogP contribution in [0.5, 0.6) is 0 Å². The highest BCUT2D eigenvalue weighted by atomic mass is 16.4. The summed E-state index contributed by atoms with van der Waals surface area (Å²) in [5.41, 5.74) is 0. The van der Waals surface area contributed by atoms with E-state index in [2.05, 4.69) is 5.92 Å². The molecule has 4 heteroatoms. The number of amides is 1. The third-order valence-electron chi connectivity index (χ3n) is 2.25. The molecule has 0 aromatic heterocycles. The van der Waals surface area contributed by atoms with Crippen LogP contribution in [-0.4, -0.2) is 35.0 Å². The largest absolute Gasteiger partial charge is 0.480 e. The average molecular weight is 211 g/mol. The minimum atomic E-state index is -1.04. The van der Waals surface area contributed by atoms with Crippen LogP contribution in [0.25, 0.3) is 0 Å². The lowest BCUT2D eigenvalue weighted by atomic mass is 10.0. The molecule has 0 aliphatic carbocycles. The van der Waals surface area contributed by atoms with Crippen LogP contribution in [-0.2, 0) is 9.59 Å². The summed E-state index contributed by atoms with van der Waals surface area (Å²) in [6.45, 7) is 3.54. The Bertz CT molecular complexity index is 263. The second-order valence-corrected chi connectivity index (χ2v) is 3.31. The molecule has 0 saturated heterocycles. The summed E-state index contributed by atoms with van der Waals surface area (Å²) >= 11 is 0. The first-order chi connectivity index (χ1) is 7.06. The van der Waals surface area contributed by atoms with Gasteiger partial charge in [0, 0.05) is 5.92 Å². The lowest BCUT2D eigenvalue weighted by molar-refractivity contribution is -0.145. The number of carboxylic acid groups (broad SMARTS) is 1. The van der Waals surface area contributed by atoms with Gasteiger partial charge in [-0.3, -0.25) is 9.59 Å². The molecule has 15 heavy (non-hydrogen) atoms. The summed E-state index contributed by atoms with van der Waals surface area (Å²) in [5.74, 6) is 0.968. The highest BCUT2D eigenvalue weighted by Gasteiger charge is 2.22. The van der Waals surface area contributed by atoms with Gasteiger partial charge in [0.1, 0.15) is 6.54 Å². The fourth-order valence-electron chi connectivity index (χ4n) is 1.38. The van der Waals surface area contributed by atoms with E-state index in [9.17, 15) is 9.59 Å². The number of terminal acetylenes is 1. The van der Waals surface area contributed by atoms with Crippen LogP contribution in [0.4, 0.5) is 0 Å². The van der Waals surface area contributed by atoms with E-state index in [1.54, 1.807) is 0 Å². The third kappa shape index (κ3) is 4.50. The lowest BCUT2D eigenvalue weighted by Crippen LogP contribution is -2.39. The minimum absolute atomic E-state index is 0.0572. The quantitative estimate of drug-likeness (QED) is 0.666. The van der Waals surface area contributed by atoms with Gasteiger partial charge in [-0.25, -0.2) is 0 Å². The number of nitrogens with zero attached hydrogens (tertiary/aromatic N) is 1. The Balaban J connectivity index is 4.53. The van der Waals surface area contributed by atoms with Gasteiger partial charge in [0.25, 0.3) is 0 Å². The Morgan fingerprint density at radius 2 is 1.93 bits per heavy atom. The van der Waals surface area contributed by atoms with Gasteiger partial charge in [-0.1, -0.05) is 19.8 Å². The number of carboxylic acids is 1. The first kappa shape index (κ1) is 13.5. The van der Waals surface area contributed by atoms with E-state index in [4.69, 9.17) is 11.5 Å². The van der Waals surface area contributed by atoms with Crippen molar-refractivity contribution in [2.24, 2.45) is 5.92 Å².